The summed E-state index contributed by atoms with van der Waals surface area (Å²) >= 11 is 0. The number of hydrogen-bond donors (Lipinski definition) is 0. The van der Waals surface area contributed by atoms with Crippen molar-refractivity contribution in [2.75, 3.05) is 31.1 Å². The van der Waals surface area contributed by atoms with Crippen molar-refractivity contribution in [1.29, 1.82) is 0 Å². The van der Waals surface area contributed by atoms with Crippen LogP contribution in [0.2, 0.25) is 0 Å². The average Bonchev–Trinajstić information content (AvgIpc) is 2.79. The summed E-state index contributed by atoms with van der Waals surface area (Å²) in [4.78, 5) is 16.2. The number of alkyl halides is 3. The molecule has 0 N–H and O–H groups in total. The average molecular weight is 428 g/mol. The summed E-state index contributed by atoms with van der Waals surface area (Å²) < 4.78 is 44.4. The van der Waals surface area contributed by atoms with Crippen LogP contribution in [0.3, 0.4) is 0 Å². The minimum absolute atomic E-state index is 0.0329. The summed E-state index contributed by atoms with van der Waals surface area (Å²) in [5.74, 6) is 1.26. The van der Waals surface area contributed by atoms with Gasteiger partial charge in [0.05, 0.1) is 5.56 Å². The number of piperazine rings is 1. The van der Waals surface area contributed by atoms with E-state index in [0.29, 0.717) is 43.6 Å². The van der Waals surface area contributed by atoms with Gasteiger partial charge in [0, 0.05) is 37.8 Å². The van der Waals surface area contributed by atoms with Gasteiger partial charge in [0.15, 0.2) is 5.82 Å². The number of hydrogen-bond acceptors (Lipinski definition) is 5. The lowest BCUT2D eigenvalue weighted by Crippen LogP contribution is -2.49. The number of nitrogens with zero attached hydrogens (tertiary/aromatic N) is 4. The number of benzene rings is 2. The highest BCUT2D eigenvalue weighted by molar-refractivity contribution is 5.94. The predicted octanol–water partition coefficient (Wildman–Crippen LogP) is 4.25. The molecule has 3 aromatic rings. The molecular weight excluding hydrogens is 409 g/mol. The summed E-state index contributed by atoms with van der Waals surface area (Å²) in [7, 11) is 0. The third-order valence-electron chi connectivity index (χ3n) is 4.92. The topological polar surface area (TPSA) is 58.6 Å². The molecule has 1 amide bonds. The number of amides is 1. The molecule has 1 aromatic heterocycles. The Balaban J connectivity index is 1.36. The molecule has 160 valence electrons. The molecule has 1 saturated heterocycles. The van der Waals surface area contributed by atoms with E-state index in [1.54, 1.807) is 17.0 Å². The number of carbonyl (C=O) groups is 1. The van der Waals surface area contributed by atoms with Crippen molar-refractivity contribution in [3.63, 3.8) is 0 Å². The van der Waals surface area contributed by atoms with Crippen LogP contribution >= 0.6 is 0 Å². The molecule has 9 heteroatoms. The second-order valence-electron chi connectivity index (χ2n) is 7.00. The van der Waals surface area contributed by atoms with Gasteiger partial charge in [0.1, 0.15) is 5.75 Å². The fourth-order valence-corrected chi connectivity index (χ4v) is 3.30. The van der Waals surface area contributed by atoms with Gasteiger partial charge < -0.3 is 14.5 Å². The van der Waals surface area contributed by atoms with Gasteiger partial charge in [-0.2, -0.15) is 13.2 Å². The van der Waals surface area contributed by atoms with Crippen molar-refractivity contribution in [2.45, 2.75) is 6.18 Å². The van der Waals surface area contributed by atoms with Gasteiger partial charge in [0.2, 0.25) is 5.88 Å². The Hall–Kier alpha value is -3.62. The Kier molecular flexibility index (Phi) is 5.75. The molecule has 0 saturated carbocycles. The molecule has 0 atom stereocenters. The van der Waals surface area contributed by atoms with Crippen LogP contribution in [0.15, 0.2) is 66.7 Å². The Bertz CT molecular complexity index is 1030. The first-order valence-electron chi connectivity index (χ1n) is 9.68. The first-order chi connectivity index (χ1) is 14.9. The standard InChI is InChI=1S/C22H19F3N4O2/c23-22(24,25)17-6-4-5-16(15-17)21(30)29-13-11-28(12-14-29)19-9-10-20(27-26-19)31-18-7-2-1-3-8-18/h1-10,15H,11-14H2. The normalized spacial score (nSPS) is 14.4. The van der Waals surface area contributed by atoms with E-state index in [4.69, 9.17) is 4.74 Å². The van der Waals surface area contributed by atoms with Gasteiger partial charge in [-0.3, -0.25) is 4.79 Å². The van der Waals surface area contributed by atoms with E-state index < -0.39 is 17.6 Å². The van der Waals surface area contributed by atoms with Gasteiger partial charge >= 0.3 is 6.18 Å². The van der Waals surface area contributed by atoms with E-state index in [0.717, 1.165) is 12.1 Å². The quantitative estimate of drug-likeness (QED) is 0.622. The zero-order valence-electron chi connectivity index (χ0n) is 16.4. The van der Waals surface area contributed by atoms with Gasteiger partial charge in [0.25, 0.3) is 5.91 Å². The number of aromatic nitrogens is 2. The minimum Gasteiger partial charge on any atom is -0.438 e. The Morgan fingerprint density at radius 1 is 0.871 bits per heavy atom. The van der Waals surface area contributed by atoms with E-state index in [9.17, 15) is 18.0 Å². The van der Waals surface area contributed by atoms with Crippen LogP contribution in [-0.2, 0) is 6.18 Å². The SMILES string of the molecule is O=C(c1cccc(C(F)(F)F)c1)N1CCN(c2ccc(Oc3ccccc3)nn2)CC1. The van der Waals surface area contributed by atoms with Crippen molar-refractivity contribution in [1.82, 2.24) is 15.1 Å². The summed E-state index contributed by atoms with van der Waals surface area (Å²) in [6.45, 7) is 1.74. The third-order valence-corrected chi connectivity index (χ3v) is 4.92. The van der Waals surface area contributed by atoms with Gasteiger partial charge in [-0.25, -0.2) is 0 Å². The smallest absolute Gasteiger partial charge is 0.416 e. The molecule has 6 nitrogen and oxygen atoms in total. The maximum Gasteiger partial charge on any atom is 0.416 e. The fourth-order valence-electron chi connectivity index (χ4n) is 3.30. The molecule has 1 aliphatic rings. The van der Waals surface area contributed by atoms with Crippen LogP contribution < -0.4 is 9.64 Å². The highest BCUT2D eigenvalue weighted by atomic mass is 19.4. The largest absolute Gasteiger partial charge is 0.438 e. The van der Waals surface area contributed by atoms with Crippen molar-refractivity contribution in [2.24, 2.45) is 0 Å². The molecule has 2 heterocycles. The molecule has 0 aliphatic carbocycles. The second-order valence-corrected chi connectivity index (χ2v) is 7.00. The molecule has 0 unspecified atom stereocenters. The fraction of sp³-hybridized carbons (Fsp3) is 0.227. The highest BCUT2D eigenvalue weighted by Gasteiger charge is 2.31. The molecular formula is C22H19F3N4O2. The van der Waals surface area contributed by atoms with Crippen LogP contribution in [0.25, 0.3) is 0 Å². The number of para-hydroxylation sites is 1. The maximum atomic E-state index is 12.9. The maximum absolute atomic E-state index is 12.9. The van der Waals surface area contributed by atoms with Crippen LogP contribution in [0.1, 0.15) is 15.9 Å². The lowest BCUT2D eigenvalue weighted by Gasteiger charge is -2.35. The first kappa shape index (κ1) is 20.6. The van der Waals surface area contributed by atoms with E-state index in [-0.39, 0.29) is 5.56 Å². The summed E-state index contributed by atoms with van der Waals surface area (Å²) in [5.41, 5.74) is -0.796. The Morgan fingerprint density at radius 2 is 1.61 bits per heavy atom. The lowest BCUT2D eigenvalue weighted by molar-refractivity contribution is -0.137. The molecule has 0 radical (unpaired) electrons. The lowest BCUT2D eigenvalue weighted by atomic mass is 10.1. The number of rotatable bonds is 4. The molecule has 1 fully saturated rings. The zero-order valence-corrected chi connectivity index (χ0v) is 16.4. The molecule has 1 aliphatic heterocycles. The summed E-state index contributed by atoms with van der Waals surface area (Å²) in [6, 6.07) is 17.2. The van der Waals surface area contributed by atoms with E-state index in [2.05, 4.69) is 10.2 Å². The number of carbonyl (C=O) groups excluding carboxylic acids is 1. The van der Waals surface area contributed by atoms with Crippen LogP contribution in [-0.4, -0.2) is 47.2 Å². The van der Waals surface area contributed by atoms with Gasteiger partial charge in [-0.15, -0.1) is 10.2 Å². The van der Waals surface area contributed by atoms with E-state index in [1.165, 1.54) is 12.1 Å². The van der Waals surface area contributed by atoms with Crippen molar-refractivity contribution in [3.05, 3.63) is 77.9 Å². The molecule has 4 rings (SSSR count). The highest BCUT2D eigenvalue weighted by Crippen LogP contribution is 2.30. The van der Waals surface area contributed by atoms with E-state index >= 15 is 0 Å². The Labute approximate surface area is 176 Å². The molecule has 2 aromatic carbocycles. The van der Waals surface area contributed by atoms with Gasteiger partial charge in [-0.05, 0) is 36.4 Å². The van der Waals surface area contributed by atoms with E-state index in [1.807, 2.05) is 35.2 Å². The summed E-state index contributed by atoms with van der Waals surface area (Å²) in [5, 5.41) is 8.27. The van der Waals surface area contributed by atoms with Crippen molar-refractivity contribution in [3.8, 4) is 11.6 Å². The predicted molar refractivity (Wildman–Crippen MR) is 108 cm³/mol. The number of anilines is 1. The number of ether oxygens (including phenoxy) is 1. The molecule has 0 bridgehead atoms. The molecule has 0 spiro atoms. The zero-order chi connectivity index (χ0) is 21.8. The van der Waals surface area contributed by atoms with Gasteiger partial charge in [-0.1, -0.05) is 24.3 Å². The number of halogens is 3. The van der Waals surface area contributed by atoms with Crippen LogP contribution in [0.4, 0.5) is 19.0 Å². The monoisotopic (exact) mass is 428 g/mol. The van der Waals surface area contributed by atoms with Crippen molar-refractivity contribution >= 4 is 11.7 Å². The third kappa shape index (κ3) is 4.93. The second kappa shape index (κ2) is 8.63. The van der Waals surface area contributed by atoms with Crippen LogP contribution in [0, 0.1) is 0 Å². The van der Waals surface area contributed by atoms with Crippen molar-refractivity contribution < 1.29 is 22.7 Å². The van der Waals surface area contributed by atoms with Crippen LogP contribution in [0.5, 0.6) is 11.6 Å². The summed E-state index contributed by atoms with van der Waals surface area (Å²) in [6.07, 6.45) is -4.48. The minimum atomic E-state index is -4.48. The Morgan fingerprint density at radius 3 is 2.26 bits per heavy atom. The molecule has 31 heavy (non-hydrogen) atoms. The first-order valence-corrected chi connectivity index (χ1v) is 9.68.